The number of aryl methyl sites for hydroxylation is 3. The second-order valence-electron chi connectivity index (χ2n) is 6.24. The summed E-state index contributed by atoms with van der Waals surface area (Å²) < 4.78 is 10.6. The van der Waals surface area contributed by atoms with Gasteiger partial charge in [-0.15, -0.1) is 0 Å². The number of aromatic amines is 1. The topological polar surface area (TPSA) is 97.1 Å². The third-order valence-electron chi connectivity index (χ3n) is 4.60. The largest absolute Gasteiger partial charge is 0.380 e. The minimum absolute atomic E-state index is 0.0109. The van der Waals surface area contributed by atoms with Gasteiger partial charge in [0.05, 0.1) is 17.8 Å². The summed E-state index contributed by atoms with van der Waals surface area (Å²) in [5.74, 6) is 2.24. The van der Waals surface area contributed by atoms with Crippen LogP contribution in [0.2, 0.25) is 0 Å². The number of carbonyl (C=O) groups is 1. The fourth-order valence-electron chi connectivity index (χ4n) is 3.23. The molecule has 8 heteroatoms. The van der Waals surface area contributed by atoms with E-state index in [9.17, 15) is 4.79 Å². The summed E-state index contributed by atoms with van der Waals surface area (Å²) in [6.45, 7) is 6.18. The first-order chi connectivity index (χ1) is 11.5. The molecule has 0 unspecified atom stereocenters. The lowest BCUT2D eigenvalue weighted by Crippen LogP contribution is -2.32. The molecule has 0 aromatic carbocycles. The number of hydrogen-bond acceptors (Lipinski definition) is 6. The number of methoxy groups -OCH3 is 1. The number of rotatable bonds is 5. The second-order valence-corrected chi connectivity index (χ2v) is 6.24. The minimum Gasteiger partial charge on any atom is -0.380 e. The van der Waals surface area contributed by atoms with Crippen LogP contribution in [0.5, 0.6) is 0 Å². The predicted octanol–water partition coefficient (Wildman–Crippen LogP) is 1.64. The van der Waals surface area contributed by atoms with Gasteiger partial charge >= 0.3 is 0 Å². The molecule has 1 amide bonds. The summed E-state index contributed by atoms with van der Waals surface area (Å²) in [5.41, 5.74) is 1.86. The number of carbonyl (C=O) groups excluding carboxylic acids is 1. The Morgan fingerprint density at radius 2 is 2.21 bits per heavy atom. The van der Waals surface area contributed by atoms with Crippen molar-refractivity contribution in [1.82, 2.24) is 25.2 Å². The number of nitrogens with zero attached hydrogens (tertiary/aromatic N) is 4. The van der Waals surface area contributed by atoms with Crippen LogP contribution in [0.25, 0.3) is 0 Å². The Hall–Kier alpha value is -2.22. The SMILES string of the molecule is CO[C@H]1C[C@@H](c2n[nH]c(C)n2)N(C(=O)CCc2c(C)noc2C)C1. The zero-order valence-corrected chi connectivity index (χ0v) is 14.5. The lowest BCUT2D eigenvalue weighted by atomic mass is 10.1. The highest BCUT2D eigenvalue weighted by atomic mass is 16.5. The second kappa shape index (κ2) is 6.72. The molecule has 8 nitrogen and oxygen atoms in total. The lowest BCUT2D eigenvalue weighted by Gasteiger charge is -2.22. The van der Waals surface area contributed by atoms with Crippen LogP contribution < -0.4 is 0 Å². The minimum atomic E-state index is -0.142. The quantitative estimate of drug-likeness (QED) is 0.893. The number of nitrogens with one attached hydrogen (secondary N) is 1. The first-order valence-electron chi connectivity index (χ1n) is 8.12. The van der Waals surface area contributed by atoms with Gasteiger partial charge < -0.3 is 14.2 Å². The van der Waals surface area contributed by atoms with Gasteiger partial charge in [0.2, 0.25) is 5.91 Å². The number of ether oxygens (including phenoxy) is 1. The average molecular weight is 333 g/mol. The highest BCUT2D eigenvalue weighted by Crippen LogP contribution is 2.32. The van der Waals surface area contributed by atoms with E-state index in [0.29, 0.717) is 31.6 Å². The maximum atomic E-state index is 12.8. The molecule has 130 valence electrons. The molecule has 1 fully saturated rings. The normalized spacial score (nSPS) is 20.8. The molecule has 2 atom stereocenters. The highest BCUT2D eigenvalue weighted by molar-refractivity contribution is 5.77. The van der Waals surface area contributed by atoms with Crippen molar-refractivity contribution < 1.29 is 14.1 Å². The molecule has 3 heterocycles. The third kappa shape index (κ3) is 3.19. The third-order valence-corrected chi connectivity index (χ3v) is 4.60. The summed E-state index contributed by atoms with van der Waals surface area (Å²) in [4.78, 5) is 19.0. The van der Waals surface area contributed by atoms with Gasteiger partial charge in [0.15, 0.2) is 5.82 Å². The van der Waals surface area contributed by atoms with Crippen molar-refractivity contribution in [2.45, 2.75) is 52.2 Å². The Bertz CT molecular complexity index is 704. The van der Waals surface area contributed by atoms with Gasteiger partial charge in [-0.3, -0.25) is 9.89 Å². The van der Waals surface area contributed by atoms with Crippen LogP contribution in [-0.2, 0) is 16.0 Å². The zero-order valence-electron chi connectivity index (χ0n) is 14.5. The van der Waals surface area contributed by atoms with Crippen LogP contribution in [0, 0.1) is 20.8 Å². The van der Waals surface area contributed by atoms with Crippen LogP contribution >= 0.6 is 0 Å². The lowest BCUT2D eigenvalue weighted by molar-refractivity contribution is -0.132. The van der Waals surface area contributed by atoms with Crippen LogP contribution in [0.4, 0.5) is 0 Å². The van der Waals surface area contributed by atoms with Crippen molar-refractivity contribution in [3.05, 3.63) is 28.7 Å². The van der Waals surface area contributed by atoms with E-state index in [1.54, 1.807) is 7.11 Å². The predicted molar refractivity (Wildman–Crippen MR) is 85.3 cm³/mol. The average Bonchev–Trinajstić information content (AvgIpc) is 3.25. The van der Waals surface area contributed by atoms with Crippen LogP contribution in [0.1, 0.15) is 47.5 Å². The molecule has 2 aromatic heterocycles. The number of likely N-dealkylation sites (tertiary alicyclic amines) is 1. The molecule has 24 heavy (non-hydrogen) atoms. The van der Waals surface area contributed by atoms with Crippen LogP contribution in [0.3, 0.4) is 0 Å². The smallest absolute Gasteiger partial charge is 0.223 e. The summed E-state index contributed by atoms with van der Waals surface area (Å²) in [5, 5.41) is 11.0. The summed E-state index contributed by atoms with van der Waals surface area (Å²) in [6, 6.07) is -0.142. The standard InChI is InChI=1S/C16H23N5O3/c1-9-13(10(2)24-20-9)5-6-15(22)21-8-12(23-4)7-14(21)16-17-11(3)18-19-16/h12,14H,5-8H2,1-4H3,(H,17,18,19)/t12-,14-/m0/s1. The molecular formula is C16H23N5O3. The van der Waals surface area contributed by atoms with Gasteiger partial charge in [-0.05, 0) is 27.2 Å². The Morgan fingerprint density at radius 3 is 2.79 bits per heavy atom. The number of hydrogen-bond donors (Lipinski definition) is 1. The number of H-pyrrole nitrogens is 1. The number of aromatic nitrogens is 4. The maximum absolute atomic E-state index is 12.8. The van der Waals surface area contributed by atoms with Crippen molar-refractivity contribution in [2.24, 2.45) is 0 Å². The Labute approximate surface area is 140 Å². The number of amides is 1. The van der Waals surface area contributed by atoms with E-state index < -0.39 is 0 Å². The molecule has 1 aliphatic rings. The molecule has 0 saturated carbocycles. The zero-order chi connectivity index (χ0) is 17.3. The highest BCUT2D eigenvalue weighted by Gasteiger charge is 2.38. The van der Waals surface area contributed by atoms with Gasteiger partial charge in [0.25, 0.3) is 0 Å². The van der Waals surface area contributed by atoms with E-state index in [2.05, 4.69) is 20.3 Å². The van der Waals surface area contributed by atoms with Crippen molar-refractivity contribution >= 4 is 5.91 Å². The van der Waals surface area contributed by atoms with Gasteiger partial charge in [-0.25, -0.2) is 4.98 Å². The van der Waals surface area contributed by atoms with Gasteiger partial charge in [-0.1, -0.05) is 5.16 Å². The molecule has 1 N–H and O–H groups in total. The maximum Gasteiger partial charge on any atom is 0.223 e. The molecule has 0 bridgehead atoms. The van der Waals surface area contributed by atoms with Gasteiger partial charge in [0.1, 0.15) is 11.6 Å². The van der Waals surface area contributed by atoms with Crippen molar-refractivity contribution in [2.75, 3.05) is 13.7 Å². The summed E-state index contributed by atoms with van der Waals surface area (Å²) in [6.07, 6.45) is 1.75. The monoisotopic (exact) mass is 333 g/mol. The van der Waals surface area contributed by atoms with E-state index in [4.69, 9.17) is 9.26 Å². The van der Waals surface area contributed by atoms with Crippen molar-refractivity contribution in [3.63, 3.8) is 0 Å². The molecule has 3 rings (SSSR count). The first-order valence-corrected chi connectivity index (χ1v) is 8.12. The van der Waals surface area contributed by atoms with Gasteiger partial charge in [-0.2, -0.15) is 5.10 Å². The fraction of sp³-hybridized carbons (Fsp3) is 0.625. The summed E-state index contributed by atoms with van der Waals surface area (Å²) >= 11 is 0. The van der Waals surface area contributed by atoms with E-state index in [0.717, 1.165) is 22.8 Å². The Morgan fingerprint density at radius 1 is 1.42 bits per heavy atom. The fourth-order valence-corrected chi connectivity index (χ4v) is 3.23. The Kier molecular flexibility index (Phi) is 4.66. The van der Waals surface area contributed by atoms with E-state index in [1.807, 2.05) is 25.7 Å². The molecule has 1 aliphatic heterocycles. The van der Waals surface area contributed by atoms with E-state index in [-0.39, 0.29) is 18.1 Å². The van der Waals surface area contributed by atoms with Crippen molar-refractivity contribution in [3.8, 4) is 0 Å². The summed E-state index contributed by atoms with van der Waals surface area (Å²) in [7, 11) is 1.67. The van der Waals surface area contributed by atoms with Crippen molar-refractivity contribution in [1.29, 1.82) is 0 Å². The Balaban J connectivity index is 1.71. The molecule has 0 aliphatic carbocycles. The molecule has 1 saturated heterocycles. The van der Waals surface area contributed by atoms with Crippen LogP contribution in [-0.4, -0.2) is 50.9 Å². The molecular weight excluding hydrogens is 310 g/mol. The van der Waals surface area contributed by atoms with Crippen LogP contribution in [0.15, 0.2) is 4.52 Å². The first kappa shape index (κ1) is 16.6. The molecule has 0 radical (unpaired) electrons. The van der Waals surface area contributed by atoms with E-state index >= 15 is 0 Å². The van der Waals surface area contributed by atoms with E-state index in [1.165, 1.54) is 0 Å². The molecule has 2 aromatic rings. The molecule has 0 spiro atoms. The van der Waals surface area contributed by atoms with Gasteiger partial charge in [0, 0.05) is 32.1 Å².